The van der Waals surface area contributed by atoms with Crippen molar-refractivity contribution >= 4 is 12.0 Å². The molecule has 1 saturated heterocycles. The van der Waals surface area contributed by atoms with E-state index < -0.39 is 18.0 Å². The number of nitrogens with one attached hydrogen (secondary N) is 2. The van der Waals surface area contributed by atoms with Crippen LogP contribution in [0.25, 0.3) is 0 Å². The normalized spacial score (nSPS) is 18.4. The second kappa shape index (κ2) is 7.08. The van der Waals surface area contributed by atoms with Crippen LogP contribution in [-0.2, 0) is 4.79 Å². The van der Waals surface area contributed by atoms with Crippen LogP contribution in [-0.4, -0.2) is 53.0 Å². The Morgan fingerprint density at radius 1 is 1.24 bits per heavy atom. The first-order chi connectivity index (χ1) is 8.13. The van der Waals surface area contributed by atoms with E-state index in [1.807, 2.05) is 0 Å². The van der Waals surface area contributed by atoms with Crippen molar-refractivity contribution in [1.82, 2.24) is 15.8 Å². The second-order valence-electron chi connectivity index (χ2n) is 4.04. The van der Waals surface area contributed by atoms with Gasteiger partial charge in [0, 0.05) is 26.1 Å². The van der Waals surface area contributed by atoms with Crippen molar-refractivity contribution in [2.45, 2.75) is 31.7 Å². The highest BCUT2D eigenvalue weighted by molar-refractivity contribution is 5.82. The summed E-state index contributed by atoms with van der Waals surface area (Å²) >= 11 is 0. The SMILES string of the molecule is O=C(N[C@H](CCO)C(=O)O)NN1CCCCC1. The van der Waals surface area contributed by atoms with Crippen LogP contribution in [0.4, 0.5) is 4.79 Å². The van der Waals surface area contributed by atoms with E-state index in [-0.39, 0.29) is 13.0 Å². The number of carbonyl (C=O) groups is 2. The molecule has 7 nitrogen and oxygen atoms in total. The van der Waals surface area contributed by atoms with E-state index in [1.54, 1.807) is 5.01 Å². The Balaban J connectivity index is 2.33. The number of carbonyl (C=O) groups excluding carboxylic acids is 1. The zero-order chi connectivity index (χ0) is 12.7. The maximum Gasteiger partial charge on any atom is 0.330 e. The van der Waals surface area contributed by atoms with Gasteiger partial charge in [0.2, 0.25) is 0 Å². The van der Waals surface area contributed by atoms with Crippen LogP contribution in [0.2, 0.25) is 0 Å². The molecule has 0 aromatic carbocycles. The lowest BCUT2D eigenvalue weighted by Gasteiger charge is -2.27. The molecular formula is C10H19N3O4. The molecule has 0 unspecified atom stereocenters. The molecule has 0 aliphatic carbocycles. The predicted octanol–water partition coefficient (Wildman–Crippen LogP) is -0.478. The van der Waals surface area contributed by atoms with Crippen molar-refractivity contribution in [3.63, 3.8) is 0 Å². The minimum atomic E-state index is -1.15. The van der Waals surface area contributed by atoms with Gasteiger partial charge in [-0.2, -0.15) is 0 Å². The van der Waals surface area contributed by atoms with Crippen LogP contribution < -0.4 is 10.7 Å². The van der Waals surface area contributed by atoms with Gasteiger partial charge in [-0.1, -0.05) is 6.42 Å². The number of hydrogen-bond acceptors (Lipinski definition) is 4. The van der Waals surface area contributed by atoms with Gasteiger partial charge in [-0.15, -0.1) is 0 Å². The zero-order valence-corrected chi connectivity index (χ0v) is 9.69. The van der Waals surface area contributed by atoms with Gasteiger partial charge in [0.05, 0.1) is 0 Å². The first-order valence-electron chi connectivity index (χ1n) is 5.79. The summed E-state index contributed by atoms with van der Waals surface area (Å²) in [6, 6.07) is -1.59. The number of rotatable bonds is 5. The molecule has 98 valence electrons. The van der Waals surface area contributed by atoms with Crippen LogP contribution in [0.5, 0.6) is 0 Å². The van der Waals surface area contributed by atoms with E-state index in [2.05, 4.69) is 10.7 Å². The number of aliphatic carboxylic acids is 1. The van der Waals surface area contributed by atoms with Gasteiger partial charge < -0.3 is 15.5 Å². The fourth-order valence-corrected chi connectivity index (χ4v) is 1.73. The van der Waals surface area contributed by atoms with Crippen molar-refractivity contribution in [2.75, 3.05) is 19.7 Å². The molecule has 1 fully saturated rings. The van der Waals surface area contributed by atoms with Crippen molar-refractivity contribution in [1.29, 1.82) is 0 Å². The number of piperidine rings is 1. The van der Waals surface area contributed by atoms with E-state index in [1.165, 1.54) is 0 Å². The number of carboxylic acids is 1. The molecule has 0 radical (unpaired) electrons. The molecule has 0 spiro atoms. The molecule has 1 rings (SSSR count). The molecule has 7 heteroatoms. The highest BCUT2D eigenvalue weighted by Crippen LogP contribution is 2.05. The summed E-state index contributed by atoms with van der Waals surface area (Å²) in [5.74, 6) is -1.15. The number of amides is 2. The quantitative estimate of drug-likeness (QED) is 0.524. The van der Waals surface area contributed by atoms with Crippen LogP contribution >= 0.6 is 0 Å². The monoisotopic (exact) mass is 245 g/mol. The average molecular weight is 245 g/mol. The highest BCUT2D eigenvalue weighted by atomic mass is 16.4. The maximum atomic E-state index is 11.5. The van der Waals surface area contributed by atoms with Gasteiger partial charge in [-0.3, -0.25) is 5.43 Å². The molecule has 1 aliphatic rings. The summed E-state index contributed by atoms with van der Waals surface area (Å²) in [5, 5.41) is 21.6. The molecule has 2 amide bonds. The summed E-state index contributed by atoms with van der Waals surface area (Å²) in [5.41, 5.74) is 2.60. The number of aliphatic hydroxyl groups is 1. The van der Waals surface area contributed by atoms with E-state index >= 15 is 0 Å². The van der Waals surface area contributed by atoms with Crippen LogP contribution in [0.15, 0.2) is 0 Å². The summed E-state index contributed by atoms with van der Waals surface area (Å²) in [4.78, 5) is 22.2. The molecule has 4 N–H and O–H groups in total. The van der Waals surface area contributed by atoms with E-state index in [0.717, 1.165) is 32.4 Å². The largest absolute Gasteiger partial charge is 0.480 e. The molecule has 17 heavy (non-hydrogen) atoms. The minimum Gasteiger partial charge on any atom is -0.480 e. The van der Waals surface area contributed by atoms with E-state index in [0.29, 0.717) is 0 Å². The van der Waals surface area contributed by atoms with Crippen LogP contribution in [0.1, 0.15) is 25.7 Å². The Kier molecular flexibility index (Phi) is 5.71. The molecule has 0 aromatic rings. The number of hydrogen-bond donors (Lipinski definition) is 4. The maximum absolute atomic E-state index is 11.5. The average Bonchev–Trinajstić information content (AvgIpc) is 2.29. The molecule has 0 saturated carbocycles. The van der Waals surface area contributed by atoms with Gasteiger partial charge in [-0.05, 0) is 12.8 Å². The number of nitrogens with zero attached hydrogens (tertiary/aromatic N) is 1. The molecule has 1 aliphatic heterocycles. The van der Waals surface area contributed by atoms with Gasteiger partial charge in [0.25, 0.3) is 0 Å². The minimum absolute atomic E-state index is 0.00273. The molecule has 1 heterocycles. The van der Waals surface area contributed by atoms with Crippen molar-refractivity contribution in [2.24, 2.45) is 0 Å². The standard InChI is InChI=1S/C10H19N3O4/c14-7-4-8(9(15)16)11-10(17)12-13-5-2-1-3-6-13/h8,14H,1-7H2,(H,15,16)(H2,11,12,17)/t8-/m1/s1. The molecule has 1 atom stereocenters. The zero-order valence-electron chi connectivity index (χ0n) is 9.69. The molecule has 0 aromatic heterocycles. The van der Waals surface area contributed by atoms with Crippen molar-refractivity contribution < 1.29 is 19.8 Å². The number of hydrazine groups is 1. The molecular weight excluding hydrogens is 226 g/mol. The summed E-state index contributed by atoms with van der Waals surface area (Å²) in [7, 11) is 0. The van der Waals surface area contributed by atoms with Gasteiger partial charge >= 0.3 is 12.0 Å². The van der Waals surface area contributed by atoms with Crippen LogP contribution in [0.3, 0.4) is 0 Å². The number of aliphatic hydroxyl groups excluding tert-OH is 1. The van der Waals surface area contributed by atoms with Gasteiger partial charge in [-0.25, -0.2) is 14.6 Å². The topological polar surface area (TPSA) is 102 Å². The summed E-state index contributed by atoms with van der Waals surface area (Å²) in [6.07, 6.45) is 3.21. The third-order valence-electron chi connectivity index (χ3n) is 2.64. The third-order valence-corrected chi connectivity index (χ3v) is 2.64. The summed E-state index contributed by atoms with van der Waals surface area (Å²) < 4.78 is 0. The van der Waals surface area contributed by atoms with Crippen LogP contribution in [0, 0.1) is 0 Å². The number of urea groups is 1. The smallest absolute Gasteiger partial charge is 0.330 e. The fourth-order valence-electron chi connectivity index (χ4n) is 1.73. The Morgan fingerprint density at radius 2 is 1.88 bits per heavy atom. The first-order valence-corrected chi connectivity index (χ1v) is 5.79. The van der Waals surface area contributed by atoms with Gasteiger partial charge in [0.15, 0.2) is 0 Å². The molecule has 0 bridgehead atoms. The predicted molar refractivity (Wildman–Crippen MR) is 60.2 cm³/mol. The highest BCUT2D eigenvalue weighted by Gasteiger charge is 2.20. The number of carboxylic acid groups (broad SMARTS) is 1. The Morgan fingerprint density at radius 3 is 2.41 bits per heavy atom. The Hall–Kier alpha value is -1.34. The second-order valence-corrected chi connectivity index (χ2v) is 4.04. The van der Waals surface area contributed by atoms with Crippen molar-refractivity contribution in [3.8, 4) is 0 Å². The van der Waals surface area contributed by atoms with E-state index in [4.69, 9.17) is 10.2 Å². The fraction of sp³-hybridized carbons (Fsp3) is 0.800. The Bertz CT molecular complexity index is 266. The lowest BCUT2D eigenvalue weighted by Crippen LogP contribution is -2.53. The van der Waals surface area contributed by atoms with Gasteiger partial charge in [0.1, 0.15) is 6.04 Å². The Labute approximate surface area is 99.8 Å². The summed E-state index contributed by atoms with van der Waals surface area (Å²) in [6.45, 7) is 1.29. The van der Waals surface area contributed by atoms with Crippen molar-refractivity contribution in [3.05, 3.63) is 0 Å². The third kappa shape index (κ3) is 5.01. The van der Waals surface area contributed by atoms with E-state index in [9.17, 15) is 9.59 Å². The lowest BCUT2D eigenvalue weighted by molar-refractivity contribution is -0.139. The lowest BCUT2D eigenvalue weighted by atomic mass is 10.2. The first kappa shape index (κ1) is 13.7.